The first-order valence-corrected chi connectivity index (χ1v) is 5.79. The van der Waals surface area contributed by atoms with E-state index in [0.29, 0.717) is 5.82 Å². The molecule has 0 aromatic carbocycles. The number of nitro groups is 1. The first kappa shape index (κ1) is 11.8. The molecule has 92 valence electrons. The summed E-state index contributed by atoms with van der Waals surface area (Å²) in [5.74, 6) is 0.651. The van der Waals surface area contributed by atoms with Gasteiger partial charge in [-0.15, -0.1) is 0 Å². The predicted octanol–water partition coefficient (Wildman–Crippen LogP) is 1.67. The summed E-state index contributed by atoms with van der Waals surface area (Å²) in [4.78, 5) is 14.0. The van der Waals surface area contributed by atoms with E-state index in [4.69, 9.17) is 5.73 Å². The fraction of sp³-hybridized carbons (Fsp3) is 0.545. The molecule has 3 N–H and O–H groups in total. The topological polar surface area (TPSA) is 94.1 Å². The lowest BCUT2D eigenvalue weighted by Gasteiger charge is -2.29. The summed E-state index contributed by atoms with van der Waals surface area (Å²) in [5, 5.41) is 13.7. The van der Waals surface area contributed by atoms with Crippen molar-refractivity contribution in [3.63, 3.8) is 0 Å². The van der Waals surface area contributed by atoms with Crippen LogP contribution in [0, 0.1) is 10.1 Å². The molecule has 2 unspecified atom stereocenters. The van der Waals surface area contributed by atoms with Gasteiger partial charge >= 0.3 is 0 Å². The van der Waals surface area contributed by atoms with Crippen LogP contribution in [0.4, 0.5) is 11.5 Å². The number of rotatable bonds is 3. The Morgan fingerprint density at radius 2 is 2.18 bits per heavy atom. The van der Waals surface area contributed by atoms with E-state index in [-0.39, 0.29) is 17.8 Å². The summed E-state index contributed by atoms with van der Waals surface area (Å²) < 4.78 is 0. The second kappa shape index (κ2) is 5.09. The summed E-state index contributed by atoms with van der Waals surface area (Å²) in [7, 11) is 0. The smallest absolute Gasteiger partial charge is 0.287 e. The number of nitrogens with two attached hydrogens (primary N) is 1. The van der Waals surface area contributed by atoms with Crippen LogP contribution in [0.15, 0.2) is 18.3 Å². The first-order valence-electron chi connectivity index (χ1n) is 5.79. The van der Waals surface area contributed by atoms with Crippen molar-refractivity contribution in [1.29, 1.82) is 0 Å². The fourth-order valence-corrected chi connectivity index (χ4v) is 2.11. The Kier molecular flexibility index (Phi) is 3.53. The van der Waals surface area contributed by atoms with Crippen molar-refractivity contribution in [2.45, 2.75) is 37.8 Å². The van der Waals surface area contributed by atoms with E-state index in [1.807, 2.05) is 0 Å². The Balaban J connectivity index is 2.00. The predicted molar refractivity (Wildman–Crippen MR) is 64.7 cm³/mol. The molecule has 1 aromatic heterocycles. The first-order chi connectivity index (χ1) is 8.16. The van der Waals surface area contributed by atoms with Gasteiger partial charge in [-0.1, -0.05) is 12.8 Å². The molecular formula is C11H16N4O2. The minimum absolute atomic E-state index is 0.00323. The van der Waals surface area contributed by atoms with Crippen molar-refractivity contribution < 1.29 is 4.92 Å². The lowest BCUT2D eigenvalue weighted by Crippen LogP contribution is -2.42. The Morgan fingerprint density at radius 3 is 2.76 bits per heavy atom. The maximum Gasteiger partial charge on any atom is 0.287 e. The molecule has 1 aliphatic carbocycles. The average Bonchev–Trinajstić information content (AvgIpc) is 2.33. The lowest BCUT2D eigenvalue weighted by atomic mass is 9.91. The zero-order valence-corrected chi connectivity index (χ0v) is 9.50. The van der Waals surface area contributed by atoms with Gasteiger partial charge < -0.3 is 11.1 Å². The third-order valence-electron chi connectivity index (χ3n) is 3.11. The van der Waals surface area contributed by atoms with Gasteiger partial charge in [0.1, 0.15) is 12.0 Å². The van der Waals surface area contributed by atoms with Crippen LogP contribution in [-0.4, -0.2) is 22.0 Å². The molecule has 0 amide bonds. The van der Waals surface area contributed by atoms with Gasteiger partial charge in [0.05, 0.1) is 4.92 Å². The van der Waals surface area contributed by atoms with E-state index in [9.17, 15) is 10.1 Å². The van der Waals surface area contributed by atoms with E-state index in [1.165, 1.54) is 25.1 Å². The Bertz CT molecular complexity index is 393. The van der Waals surface area contributed by atoms with E-state index in [0.717, 1.165) is 12.8 Å². The van der Waals surface area contributed by atoms with Gasteiger partial charge in [-0.05, 0) is 18.9 Å². The highest BCUT2D eigenvalue weighted by Gasteiger charge is 2.21. The Hall–Kier alpha value is -1.69. The van der Waals surface area contributed by atoms with Crippen molar-refractivity contribution in [2.75, 3.05) is 5.32 Å². The van der Waals surface area contributed by atoms with Gasteiger partial charge in [0, 0.05) is 18.2 Å². The number of nitrogens with zero attached hydrogens (tertiary/aromatic N) is 2. The van der Waals surface area contributed by atoms with Crippen LogP contribution in [-0.2, 0) is 0 Å². The van der Waals surface area contributed by atoms with E-state index in [2.05, 4.69) is 10.3 Å². The normalized spacial score (nSPS) is 24.3. The molecule has 6 heteroatoms. The quantitative estimate of drug-likeness (QED) is 0.615. The summed E-state index contributed by atoms with van der Waals surface area (Å²) in [6.45, 7) is 0. The molecule has 0 saturated heterocycles. The van der Waals surface area contributed by atoms with Gasteiger partial charge in [0.2, 0.25) is 0 Å². The van der Waals surface area contributed by atoms with Crippen LogP contribution in [0.2, 0.25) is 0 Å². The second-order valence-electron chi connectivity index (χ2n) is 4.36. The molecular weight excluding hydrogens is 220 g/mol. The van der Waals surface area contributed by atoms with Crippen molar-refractivity contribution in [2.24, 2.45) is 5.73 Å². The summed E-state index contributed by atoms with van der Waals surface area (Å²) in [6, 6.07) is 3.43. The van der Waals surface area contributed by atoms with Gasteiger partial charge in [0.25, 0.3) is 5.69 Å². The van der Waals surface area contributed by atoms with E-state index in [1.54, 1.807) is 6.07 Å². The van der Waals surface area contributed by atoms with Gasteiger partial charge in [-0.25, -0.2) is 4.98 Å². The molecule has 2 rings (SSSR count). The monoisotopic (exact) mass is 236 g/mol. The molecule has 0 spiro atoms. The zero-order valence-electron chi connectivity index (χ0n) is 9.50. The highest BCUT2D eigenvalue weighted by Crippen LogP contribution is 2.21. The molecule has 0 aliphatic heterocycles. The Labute approximate surface area is 99.4 Å². The number of pyridine rings is 1. The number of aromatic nitrogens is 1. The molecule has 0 radical (unpaired) electrons. The zero-order chi connectivity index (χ0) is 12.3. The summed E-state index contributed by atoms with van der Waals surface area (Å²) in [5.41, 5.74) is 6.01. The van der Waals surface area contributed by atoms with E-state index >= 15 is 0 Å². The minimum atomic E-state index is -0.455. The molecule has 2 atom stereocenters. The van der Waals surface area contributed by atoms with Crippen molar-refractivity contribution in [3.05, 3.63) is 28.4 Å². The molecule has 1 fully saturated rings. The lowest BCUT2D eigenvalue weighted by molar-refractivity contribution is -0.385. The minimum Gasteiger partial charge on any atom is -0.366 e. The van der Waals surface area contributed by atoms with Gasteiger partial charge in [0.15, 0.2) is 0 Å². The van der Waals surface area contributed by atoms with Crippen molar-refractivity contribution in [3.8, 4) is 0 Å². The van der Waals surface area contributed by atoms with Crippen LogP contribution in [0.25, 0.3) is 0 Å². The van der Waals surface area contributed by atoms with E-state index < -0.39 is 4.92 Å². The van der Waals surface area contributed by atoms with Crippen LogP contribution < -0.4 is 11.1 Å². The average molecular weight is 236 g/mol. The number of hydrogen-bond donors (Lipinski definition) is 2. The standard InChI is InChI=1S/C11H16N4O2/c12-9-3-1-2-4-10(9)14-11-6-5-8(7-13-11)15(16)17/h5-7,9-10H,1-4,12H2,(H,13,14). The number of nitrogens with one attached hydrogen (secondary N) is 1. The third-order valence-corrected chi connectivity index (χ3v) is 3.11. The van der Waals surface area contributed by atoms with Crippen LogP contribution >= 0.6 is 0 Å². The van der Waals surface area contributed by atoms with Crippen LogP contribution in [0.3, 0.4) is 0 Å². The molecule has 1 aliphatic rings. The largest absolute Gasteiger partial charge is 0.366 e. The summed E-state index contributed by atoms with van der Waals surface area (Å²) >= 11 is 0. The summed E-state index contributed by atoms with van der Waals surface area (Å²) in [6.07, 6.45) is 5.65. The third kappa shape index (κ3) is 2.91. The molecule has 1 heterocycles. The fourth-order valence-electron chi connectivity index (χ4n) is 2.11. The van der Waals surface area contributed by atoms with Gasteiger partial charge in [-0.3, -0.25) is 10.1 Å². The Morgan fingerprint density at radius 1 is 1.41 bits per heavy atom. The molecule has 6 nitrogen and oxygen atoms in total. The maximum absolute atomic E-state index is 10.5. The second-order valence-corrected chi connectivity index (χ2v) is 4.36. The van der Waals surface area contributed by atoms with Gasteiger partial charge in [-0.2, -0.15) is 0 Å². The molecule has 1 saturated carbocycles. The van der Waals surface area contributed by atoms with Crippen LogP contribution in [0.5, 0.6) is 0 Å². The maximum atomic E-state index is 10.5. The molecule has 0 bridgehead atoms. The molecule has 17 heavy (non-hydrogen) atoms. The highest BCUT2D eigenvalue weighted by molar-refractivity contribution is 5.41. The highest BCUT2D eigenvalue weighted by atomic mass is 16.6. The van der Waals surface area contributed by atoms with Crippen molar-refractivity contribution >= 4 is 11.5 Å². The number of hydrogen-bond acceptors (Lipinski definition) is 5. The molecule has 1 aromatic rings. The van der Waals surface area contributed by atoms with Crippen LogP contribution in [0.1, 0.15) is 25.7 Å². The van der Waals surface area contributed by atoms with Crippen molar-refractivity contribution in [1.82, 2.24) is 4.98 Å². The SMILES string of the molecule is NC1CCCCC1Nc1ccc([N+](=O)[O-])cn1. The number of anilines is 1.